The van der Waals surface area contributed by atoms with E-state index in [-0.39, 0.29) is 30.7 Å². The fourth-order valence-corrected chi connectivity index (χ4v) is 5.36. The molecule has 0 saturated heterocycles. The number of hydrogen-bond acceptors (Lipinski definition) is 7. The van der Waals surface area contributed by atoms with Crippen LogP contribution in [0.3, 0.4) is 0 Å². The van der Waals surface area contributed by atoms with E-state index >= 15 is 0 Å². The quantitative estimate of drug-likeness (QED) is 0.184. The van der Waals surface area contributed by atoms with Crippen molar-refractivity contribution in [1.82, 2.24) is 15.0 Å². The summed E-state index contributed by atoms with van der Waals surface area (Å²) in [4.78, 5) is 37.5. The zero-order valence-electron chi connectivity index (χ0n) is 21.9. The molecule has 9 heteroatoms. The Hall–Kier alpha value is -4.01. The number of carboxylic acid groups (broad SMARTS) is 1. The summed E-state index contributed by atoms with van der Waals surface area (Å²) in [5.41, 5.74) is 0.648. The number of ketones is 1. The first kappa shape index (κ1) is 26.6. The summed E-state index contributed by atoms with van der Waals surface area (Å²) in [5, 5.41) is 18.8. The number of fused-ring (bicyclic) bond motifs is 2. The molecular formula is C30H33N3O6. The highest BCUT2D eigenvalue weighted by Gasteiger charge is 2.25. The smallest absolute Gasteiger partial charge is 0.307 e. The van der Waals surface area contributed by atoms with E-state index in [1.165, 1.54) is 38.5 Å². The largest absolute Gasteiger partial charge is 0.493 e. The van der Waals surface area contributed by atoms with E-state index in [9.17, 15) is 19.5 Å². The van der Waals surface area contributed by atoms with Gasteiger partial charge in [-0.05, 0) is 55.5 Å². The Morgan fingerprint density at radius 1 is 1.10 bits per heavy atom. The van der Waals surface area contributed by atoms with Gasteiger partial charge in [0, 0.05) is 24.4 Å². The molecule has 0 amide bonds. The number of carboxylic acids is 1. The van der Waals surface area contributed by atoms with Crippen molar-refractivity contribution in [3.63, 3.8) is 0 Å². The lowest BCUT2D eigenvalue weighted by Crippen LogP contribution is -2.27. The van der Waals surface area contributed by atoms with Crippen LogP contribution in [0.2, 0.25) is 0 Å². The Kier molecular flexibility index (Phi) is 8.34. The second-order valence-corrected chi connectivity index (χ2v) is 10.4. The van der Waals surface area contributed by atoms with E-state index in [0.29, 0.717) is 28.8 Å². The van der Waals surface area contributed by atoms with Gasteiger partial charge in [0.1, 0.15) is 16.8 Å². The van der Waals surface area contributed by atoms with Gasteiger partial charge in [-0.15, -0.1) is 5.10 Å². The van der Waals surface area contributed by atoms with Crippen LogP contribution in [0.15, 0.2) is 57.7 Å². The monoisotopic (exact) mass is 531 g/mol. The van der Waals surface area contributed by atoms with E-state index in [1.807, 2.05) is 12.1 Å². The maximum absolute atomic E-state index is 12.9. The molecule has 9 nitrogen and oxygen atoms in total. The molecule has 1 aliphatic carbocycles. The van der Waals surface area contributed by atoms with Gasteiger partial charge in [0.05, 0.1) is 17.9 Å². The van der Waals surface area contributed by atoms with Crippen LogP contribution in [0, 0.1) is 11.8 Å². The maximum atomic E-state index is 12.9. The summed E-state index contributed by atoms with van der Waals surface area (Å²) in [6.45, 7) is 0.669. The van der Waals surface area contributed by atoms with Gasteiger partial charge in [-0.25, -0.2) is 4.68 Å². The lowest BCUT2D eigenvalue weighted by atomic mass is 9.86. The second-order valence-electron chi connectivity index (χ2n) is 10.4. The molecule has 0 spiro atoms. The number of aromatic nitrogens is 3. The van der Waals surface area contributed by atoms with Crippen molar-refractivity contribution in [3.8, 4) is 5.75 Å². The summed E-state index contributed by atoms with van der Waals surface area (Å²) in [6.07, 6.45) is 8.69. The van der Waals surface area contributed by atoms with Crippen molar-refractivity contribution >= 4 is 33.6 Å². The molecular weight excluding hydrogens is 498 g/mol. The van der Waals surface area contributed by atoms with Crippen molar-refractivity contribution in [1.29, 1.82) is 0 Å². The SMILES string of the molecule is O=C(CC(CCn1nnc2ccccc2c1=O)C(=O)O)c1cc2ccc(OCCCC3CCCCC3)cc2o1. The molecule has 204 valence electrons. The minimum Gasteiger partial charge on any atom is -0.493 e. The molecule has 0 bridgehead atoms. The summed E-state index contributed by atoms with van der Waals surface area (Å²) < 4.78 is 12.8. The van der Waals surface area contributed by atoms with E-state index in [1.54, 1.807) is 36.4 Å². The lowest BCUT2D eigenvalue weighted by molar-refractivity contribution is -0.142. The number of Topliss-reactive ketones (excluding diaryl/α,β-unsaturated/α-hetero) is 1. The molecule has 2 aromatic heterocycles. The van der Waals surface area contributed by atoms with Gasteiger partial charge in [-0.2, -0.15) is 0 Å². The second kappa shape index (κ2) is 12.2. The molecule has 2 heterocycles. The van der Waals surface area contributed by atoms with E-state index in [0.717, 1.165) is 22.4 Å². The van der Waals surface area contributed by atoms with Crippen LogP contribution in [0.25, 0.3) is 21.9 Å². The van der Waals surface area contributed by atoms with Gasteiger partial charge in [0.2, 0.25) is 0 Å². The van der Waals surface area contributed by atoms with E-state index in [2.05, 4.69) is 10.3 Å². The third-order valence-electron chi connectivity index (χ3n) is 7.62. The molecule has 1 fully saturated rings. The minimum atomic E-state index is -1.12. The van der Waals surface area contributed by atoms with Crippen molar-refractivity contribution in [2.45, 2.75) is 64.3 Å². The molecule has 5 rings (SSSR count). The molecule has 4 aromatic rings. The Morgan fingerprint density at radius 2 is 1.92 bits per heavy atom. The van der Waals surface area contributed by atoms with Gasteiger partial charge in [0.15, 0.2) is 11.5 Å². The lowest BCUT2D eigenvalue weighted by Gasteiger charge is -2.21. The van der Waals surface area contributed by atoms with Gasteiger partial charge >= 0.3 is 5.97 Å². The number of aliphatic carboxylic acids is 1. The first-order chi connectivity index (χ1) is 19.0. The van der Waals surface area contributed by atoms with Crippen LogP contribution < -0.4 is 10.3 Å². The number of carbonyl (C=O) groups is 2. The zero-order chi connectivity index (χ0) is 27.2. The summed E-state index contributed by atoms with van der Waals surface area (Å²) in [5.74, 6) is -0.928. The predicted molar refractivity (Wildman–Crippen MR) is 146 cm³/mol. The van der Waals surface area contributed by atoms with Crippen molar-refractivity contribution in [3.05, 3.63) is 64.6 Å². The molecule has 1 atom stereocenters. The molecule has 1 N–H and O–H groups in total. The highest BCUT2D eigenvalue weighted by atomic mass is 16.5. The number of ether oxygens (including phenoxy) is 1. The van der Waals surface area contributed by atoms with Gasteiger partial charge in [-0.1, -0.05) is 49.5 Å². The minimum absolute atomic E-state index is 0.0302. The molecule has 1 aliphatic rings. The van der Waals surface area contributed by atoms with Gasteiger partial charge in [-0.3, -0.25) is 14.4 Å². The average Bonchev–Trinajstić information content (AvgIpc) is 3.38. The molecule has 0 radical (unpaired) electrons. The van der Waals surface area contributed by atoms with Crippen LogP contribution in [0.5, 0.6) is 5.75 Å². The Morgan fingerprint density at radius 3 is 2.74 bits per heavy atom. The van der Waals surface area contributed by atoms with Crippen LogP contribution in [0.1, 0.15) is 68.3 Å². The molecule has 2 aromatic carbocycles. The van der Waals surface area contributed by atoms with Crippen molar-refractivity contribution in [2.75, 3.05) is 6.61 Å². The highest BCUT2D eigenvalue weighted by Crippen LogP contribution is 2.29. The third-order valence-corrected chi connectivity index (χ3v) is 7.62. The summed E-state index contributed by atoms with van der Waals surface area (Å²) in [6, 6.07) is 13.9. The fourth-order valence-electron chi connectivity index (χ4n) is 5.36. The first-order valence-electron chi connectivity index (χ1n) is 13.7. The zero-order valence-corrected chi connectivity index (χ0v) is 21.9. The molecule has 1 unspecified atom stereocenters. The van der Waals surface area contributed by atoms with Crippen LogP contribution in [0.4, 0.5) is 0 Å². The van der Waals surface area contributed by atoms with E-state index < -0.39 is 17.7 Å². The number of rotatable bonds is 12. The molecule has 39 heavy (non-hydrogen) atoms. The van der Waals surface area contributed by atoms with Crippen LogP contribution in [-0.4, -0.2) is 38.5 Å². The first-order valence-corrected chi connectivity index (χ1v) is 13.7. The number of furan rings is 1. The Bertz CT molecular complexity index is 1520. The summed E-state index contributed by atoms with van der Waals surface area (Å²) in [7, 11) is 0. The summed E-state index contributed by atoms with van der Waals surface area (Å²) >= 11 is 0. The Balaban J connectivity index is 1.18. The standard InChI is InChI=1S/C30H33N3O6/c34-26(17-22(30(36)37)14-15-33-29(35)24-10-4-5-11-25(24)31-32-33)28-18-21-12-13-23(19-27(21)39-28)38-16-6-9-20-7-2-1-3-8-20/h4-5,10-13,18-20,22H,1-3,6-9,14-17H2,(H,36,37). The fraction of sp³-hybridized carbons (Fsp3) is 0.433. The van der Waals surface area contributed by atoms with Crippen LogP contribution in [-0.2, 0) is 11.3 Å². The van der Waals surface area contributed by atoms with Gasteiger partial charge in [0.25, 0.3) is 5.56 Å². The van der Waals surface area contributed by atoms with Gasteiger partial charge < -0.3 is 14.3 Å². The topological polar surface area (TPSA) is 125 Å². The third kappa shape index (κ3) is 6.53. The average molecular weight is 532 g/mol. The molecule has 0 aliphatic heterocycles. The predicted octanol–water partition coefficient (Wildman–Crippen LogP) is 5.64. The van der Waals surface area contributed by atoms with Crippen molar-refractivity contribution in [2.24, 2.45) is 11.8 Å². The maximum Gasteiger partial charge on any atom is 0.307 e. The number of aryl methyl sites for hydroxylation is 1. The van der Waals surface area contributed by atoms with E-state index in [4.69, 9.17) is 9.15 Å². The number of hydrogen-bond donors (Lipinski definition) is 1. The number of nitrogens with zero attached hydrogens (tertiary/aromatic N) is 3. The van der Waals surface area contributed by atoms with Crippen molar-refractivity contribution < 1.29 is 23.8 Å². The molecule has 1 saturated carbocycles. The number of carbonyl (C=O) groups excluding carboxylic acids is 1. The normalized spacial score (nSPS) is 15.0. The highest BCUT2D eigenvalue weighted by molar-refractivity contribution is 5.99. The Labute approximate surface area is 225 Å². The van der Waals surface area contributed by atoms with Crippen LogP contribution >= 0.6 is 0 Å². The number of benzene rings is 2.